The fourth-order valence-corrected chi connectivity index (χ4v) is 2.53. The van der Waals surface area contributed by atoms with Crippen molar-refractivity contribution < 1.29 is 9.53 Å². The molecule has 0 radical (unpaired) electrons. The molecule has 1 amide bonds. The number of rotatable bonds is 4. The highest BCUT2D eigenvalue weighted by Crippen LogP contribution is 2.29. The molecule has 6 heteroatoms. The summed E-state index contributed by atoms with van der Waals surface area (Å²) in [7, 11) is 1.85. The Labute approximate surface area is 125 Å². The zero-order valence-electron chi connectivity index (χ0n) is 12.7. The summed E-state index contributed by atoms with van der Waals surface area (Å²) < 4.78 is 5.35. The molecular formula is C15H22N4O2. The predicted octanol–water partition coefficient (Wildman–Crippen LogP) is 1.10. The van der Waals surface area contributed by atoms with Gasteiger partial charge in [0.1, 0.15) is 5.69 Å². The Morgan fingerprint density at radius 2 is 2.10 bits per heavy atom. The lowest BCUT2D eigenvalue weighted by atomic mass is 10.3. The number of carbonyl (C=O) groups excluding carboxylic acids is 1. The highest BCUT2D eigenvalue weighted by molar-refractivity contribution is 5.92. The van der Waals surface area contributed by atoms with Crippen LogP contribution in [0.2, 0.25) is 0 Å². The van der Waals surface area contributed by atoms with Gasteiger partial charge >= 0.3 is 0 Å². The Hall–Kier alpha value is -1.69. The summed E-state index contributed by atoms with van der Waals surface area (Å²) in [4.78, 5) is 25.3. The van der Waals surface area contributed by atoms with Gasteiger partial charge in [-0.15, -0.1) is 0 Å². The first-order valence-corrected chi connectivity index (χ1v) is 7.57. The Morgan fingerprint density at radius 3 is 2.76 bits per heavy atom. The van der Waals surface area contributed by atoms with E-state index >= 15 is 0 Å². The number of ether oxygens (including phenoxy) is 1. The minimum atomic E-state index is -0.0121. The second-order valence-corrected chi connectivity index (χ2v) is 5.92. The maximum atomic E-state index is 12.5. The van der Waals surface area contributed by atoms with Gasteiger partial charge in [-0.3, -0.25) is 4.79 Å². The monoisotopic (exact) mass is 290 g/mol. The number of aromatic nitrogens is 2. The van der Waals surface area contributed by atoms with Gasteiger partial charge in [-0.1, -0.05) is 0 Å². The first kappa shape index (κ1) is 14.3. The van der Waals surface area contributed by atoms with Crippen LogP contribution in [0.15, 0.2) is 6.07 Å². The van der Waals surface area contributed by atoms with Gasteiger partial charge in [-0.05, 0) is 31.7 Å². The van der Waals surface area contributed by atoms with Crippen LogP contribution >= 0.6 is 0 Å². The zero-order chi connectivity index (χ0) is 14.8. The molecule has 1 aliphatic heterocycles. The average Bonchev–Trinajstić information content (AvgIpc) is 3.30. The van der Waals surface area contributed by atoms with E-state index in [1.54, 1.807) is 11.0 Å². The van der Waals surface area contributed by atoms with Gasteiger partial charge in [0.15, 0.2) is 0 Å². The molecule has 1 aliphatic carbocycles. The van der Waals surface area contributed by atoms with Crippen molar-refractivity contribution in [3.05, 3.63) is 17.5 Å². The van der Waals surface area contributed by atoms with Crippen LogP contribution in [0.4, 0.5) is 5.95 Å². The average molecular weight is 290 g/mol. The van der Waals surface area contributed by atoms with Crippen LogP contribution < -0.4 is 4.90 Å². The number of hydrogen-bond acceptors (Lipinski definition) is 5. The molecule has 0 bridgehead atoms. The van der Waals surface area contributed by atoms with Crippen LogP contribution in [0.1, 0.15) is 29.0 Å². The van der Waals surface area contributed by atoms with Crippen LogP contribution in [0.5, 0.6) is 0 Å². The van der Waals surface area contributed by atoms with Crippen LogP contribution in [0.3, 0.4) is 0 Å². The van der Waals surface area contributed by atoms with Gasteiger partial charge in [-0.25, -0.2) is 9.97 Å². The highest BCUT2D eigenvalue weighted by Gasteiger charge is 2.26. The van der Waals surface area contributed by atoms with Gasteiger partial charge in [-0.2, -0.15) is 0 Å². The molecule has 1 saturated carbocycles. The van der Waals surface area contributed by atoms with E-state index in [-0.39, 0.29) is 5.91 Å². The molecule has 3 rings (SSSR count). The van der Waals surface area contributed by atoms with E-state index in [1.165, 1.54) is 12.8 Å². The molecule has 0 unspecified atom stereocenters. The van der Waals surface area contributed by atoms with E-state index in [9.17, 15) is 4.79 Å². The third-order valence-corrected chi connectivity index (χ3v) is 3.93. The Morgan fingerprint density at radius 1 is 1.38 bits per heavy atom. The van der Waals surface area contributed by atoms with Crippen LogP contribution in [0.25, 0.3) is 0 Å². The maximum Gasteiger partial charge on any atom is 0.272 e. The summed E-state index contributed by atoms with van der Waals surface area (Å²) >= 11 is 0. The maximum absolute atomic E-state index is 12.5. The molecule has 2 heterocycles. The minimum absolute atomic E-state index is 0.0121. The second-order valence-electron chi connectivity index (χ2n) is 5.92. The number of aryl methyl sites for hydroxylation is 1. The van der Waals surface area contributed by atoms with E-state index in [0.29, 0.717) is 30.8 Å². The summed E-state index contributed by atoms with van der Waals surface area (Å²) in [6, 6.07) is 1.77. The number of anilines is 1. The summed E-state index contributed by atoms with van der Waals surface area (Å²) in [6.45, 7) is 5.65. The Kier molecular flexibility index (Phi) is 4.05. The van der Waals surface area contributed by atoms with Crippen molar-refractivity contribution >= 4 is 11.9 Å². The topological polar surface area (TPSA) is 58.6 Å². The Balaban J connectivity index is 1.77. The Bertz CT molecular complexity index is 524. The van der Waals surface area contributed by atoms with Gasteiger partial charge in [0.2, 0.25) is 5.95 Å². The molecule has 21 heavy (non-hydrogen) atoms. The SMILES string of the molecule is Cc1cc(C(=O)N(C)CC2CC2)nc(N2CCOCC2)n1. The van der Waals surface area contributed by atoms with Crippen molar-refractivity contribution in [2.75, 3.05) is 44.8 Å². The molecule has 2 fully saturated rings. The standard InChI is InChI=1S/C15H22N4O2/c1-11-9-13(14(20)18(2)10-12-3-4-12)17-15(16-11)19-5-7-21-8-6-19/h9,12H,3-8,10H2,1-2H3. The number of carbonyl (C=O) groups is 1. The number of hydrogen-bond donors (Lipinski definition) is 0. The molecule has 1 aromatic rings. The van der Waals surface area contributed by atoms with E-state index in [4.69, 9.17) is 4.74 Å². The van der Waals surface area contributed by atoms with Gasteiger partial charge in [0.25, 0.3) is 5.91 Å². The van der Waals surface area contributed by atoms with Crippen molar-refractivity contribution in [1.82, 2.24) is 14.9 Å². The first-order chi connectivity index (χ1) is 10.1. The summed E-state index contributed by atoms with van der Waals surface area (Å²) in [5, 5.41) is 0. The third kappa shape index (κ3) is 3.50. The molecule has 6 nitrogen and oxygen atoms in total. The number of amides is 1. The molecule has 0 spiro atoms. The summed E-state index contributed by atoms with van der Waals surface area (Å²) in [5.74, 6) is 1.31. The molecule has 0 N–H and O–H groups in total. The summed E-state index contributed by atoms with van der Waals surface area (Å²) in [5.41, 5.74) is 1.32. The quantitative estimate of drug-likeness (QED) is 0.831. The lowest BCUT2D eigenvalue weighted by molar-refractivity contribution is 0.0782. The lowest BCUT2D eigenvalue weighted by Gasteiger charge is -2.27. The molecule has 1 saturated heterocycles. The van der Waals surface area contributed by atoms with Gasteiger partial charge < -0.3 is 14.5 Å². The minimum Gasteiger partial charge on any atom is -0.378 e. The fraction of sp³-hybridized carbons (Fsp3) is 0.667. The van der Waals surface area contributed by atoms with E-state index < -0.39 is 0 Å². The predicted molar refractivity (Wildman–Crippen MR) is 79.5 cm³/mol. The molecule has 114 valence electrons. The van der Waals surface area contributed by atoms with E-state index in [1.807, 2.05) is 14.0 Å². The van der Waals surface area contributed by atoms with Crippen molar-refractivity contribution in [2.24, 2.45) is 5.92 Å². The second kappa shape index (κ2) is 5.97. The molecule has 2 aliphatic rings. The zero-order valence-corrected chi connectivity index (χ0v) is 12.7. The van der Waals surface area contributed by atoms with E-state index in [0.717, 1.165) is 25.3 Å². The normalized spacial score (nSPS) is 18.7. The fourth-order valence-electron chi connectivity index (χ4n) is 2.53. The van der Waals surface area contributed by atoms with Crippen molar-refractivity contribution in [2.45, 2.75) is 19.8 Å². The largest absolute Gasteiger partial charge is 0.378 e. The van der Waals surface area contributed by atoms with E-state index in [2.05, 4.69) is 14.9 Å². The molecular weight excluding hydrogens is 268 g/mol. The number of morpholine rings is 1. The molecule has 0 aromatic carbocycles. The lowest BCUT2D eigenvalue weighted by Crippen LogP contribution is -2.38. The third-order valence-electron chi connectivity index (χ3n) is 3.93. The van der Waals surface area contributed by atoms with Crippen molar-refractivity contribution in [1.29, 1.82) is 0 Å². The van der Waals surface area contributed by atoms with Gasteiger partial charge in [0, 0.05) is 32.4 Å². The van der Waals surface area contributed by atoms with Crippen molar-refractivity contribution in [3.63, 3.8) is 0 Å². The van der Waals surface area contributed by atoms with Crippen LogP contribution in [-0.2, 0) is 4.74 Å². The first-order valence-electron chi connectivity index (χ1n) is 7.57. The van der Waals surface area contributed by atoms with Gasteiger partial charge in [0.05, 0.1) is 13.2 Å². The molecule has 0 atom stereocenters. The molecule has 1 aromatic heterocycles. The number of nitrogens with zero attached hydrogens (tertiary/aromatic N) is 4. The van der Waals surface area contributed by atoms with Crippen LogP contribution in [0, 0.1) is 12.8 Å². The highest BCUT2D eigenvalue weighted by atomic mass is 16.5. The summed E-state index contributed by atoms with van der Waals surface area (Å²) in [6.07, 6.45) is 2.47. The van der Waals surface area contributed by atoms with Crippen LogP contribution in [-0.4, -0.2) is 60.7 Å². The smallest absolute Gasteiger partial charge is 0.272 e. The van der Waals surface area contributed by atoms with Crippen molar-refractivity contribution in [3.8, 4) is 0 Å².